The first kappa shape index (κ1) is 7.10. The molecule has 3 nitrogen and oxygen atoms in total. The molecule has 0 saturated carbocycles. The van der Waals surface area contributed by atoms with Gasteiger partial charge < -0.3 is 10.2 Å². The van der Waals surface area contributed by atoms with Gasteiger partial charge in [0.2, 0.25) is 5.91 Å². The number of amides is 1. The second-order valence-electron chi connectivity index (χ2n) is 3.82. The summed E-state index contributed by atoms with van der Waals surface area (Å²) in [4.78, 5) is 13.3. The second-order valence-corrected chi connectivity index (χ2v) is 3.82. The van der Waals surface area contributed by atoms with Crippen LogP contribution in [0.4, 0.5) is 0 Å². The van der Waals surface area contributed by atoms with Crippen molar-refractivity contribution in [2.24, 2.45) is 0 Å². The van der Waals surface area contributed by atoms with E-state index in [0.29, 0.717) is 0 Å². The summed E-state index contributed by atoms with van der Waals surface area (Å²) < 4.78 is 0. The maximum absolute atomic E-state index is 11.0. The van der Waals surface area contributed by atoms with E-state index >= 15 is 0 Å². The number of likely N-dealkylation sites (tertiary alicyclic amines) is 1. The van der Waals surface area contributed by atoms with Gasteiger partial charge in [-0.15, -0.1) is 0 Å². The number of hydrogen-bond donors (Lipinski definition) is 1. The highest BCUT2D eigenvalue weighted by molar-refractivity contribution is 5.79. The minimum Gasteiger partial charge on any atom is -0.349 e. The molecule has 0 aromatic carbocycles. The van der Waals surface area contributed by atoms with Gasteiger partial charge in [0.25, 0.3) is 0 Å². The third kappa shape index (κ3) is 1.13. The van der Waals surface area contributed by atoms with Crippen molar-refractivity contribution < 1.29 is 4.79 Å². The molecule has 2 fully saturated rings. The monoisotopic (exact) mass is 154 g/mol. The van der Waals surface area contributed by atoms with Crippen LogP contribution in [0.3, 0.4) is 0 Å². The summed E-state index contributed by atoms with van der Waals surface area (Å²) in [5, 5.41) is 3.08. The van der Waals surface area contributed by atoms with E-state index in [9.17, 15) is 4.79 Å². The summed E-state index contributed by atoms with van der Waals surface area (Å²) >= 11 is 0. The average molecular weight is 154 g/mol. The van der Waals surface area contributed by atoms with E-state index in [4.69, 9.17) is 0 Å². The number of carbonyl (C=O) groups excluding carboxylic acids is 1. The first-order valence-electron chi connectivity index (χ1n) is 4.20. The van der Waals surface area contributed by atoms with Crippen molar-refractivity contribution in [1.29, 1.82) is 0 Å². The number of nitrogens with zero attached hydrogens (tertiary/aromatic N) is 1. The minimum absolute atomic E-state index is 0.159. The van der Waals surface area contributed by atoms with E-state index in [2.05, 4.69) is 17.3 Å². The smallest absolute Gasteiger partial charge is 0.220 e. The third-order valence-corrected chi connectivity index (χ3v) is 2.78. The van der Waals surface area contributed by atoms with Gasteiger partial charge in [0.1, 0.15) is 0 Å². The molecule has 1 spiro atoms. The maximum Gasteiger partial charge on any atom is 0.220 e. The Hall–Kier alpha value is -0.570. The van der Waals surface area contributed by atoms with Crippen LogP contribution in [0.15, 0.2) is 0 Å². The van der Waals surface area contributed by atoms with Crippen molar-refractivity contribution in [3.8, 4) is 0 Å². The third-order valence-electron chi connectivity index (χ3n) is 2.78. The summed E-state index contributed by atoms with van der Waals surface area (Å²) in [6.07, 6.45) is 2.90. The number of likely N-dealkylation sites (N-methyl/N-ethyl adjacent to an activating group) is 1. The highest BCUT2D eigenvalue weighted by Crippen LogP contribution is 2.29. The first-order valence-corrected chi connectivity index (χ1v) is 4.20. The Morgan fingerprint density at radius 2 is 2.36 bits per heavy atom. The highest BCUT2D eigenvalue weighted by atomic mass is 16.2. The van der Waals surface area contributed by atoms with Crippen LogP contribution in [-0.4, -0.2) is 36.5 Å². The Kier molecular flexibility index (Phi) is 1.42. The van der Waals surface area contributed by atoms with Crippen LogP contribution in [0.2, 0.25) is 0 Å². The van der Waals surface area contributed by atoms with E-state index in [0.717, 1.165) is 32.4 Å². The molecule has 0 aromatic heterocycles. The molecule has 2 heterocycles. The highest BCUT2D eigenvalue weighted by Gasteiger charge is 2.41. The molecule has 0 aliphatic carbocycles. The van der Waals surface area contributed by atoms with E-state index < -0.39 is 0 Å². The molecule has 1 N–H and O–H groups in total. The van der Waals surface area contributed by atoms with Crippen molar-refractivity contribution in [3.05, 3.63) is 0 Å². The molecule has 1 unspecified atom stereocenters. The van der Waals surface area contributed by atoms with Crippen molar-refractivity contribution in [3.63, 3.8) is 0 Å². The zero-order valence-corrected chi connectivity index (χ0v) is 6.89. The summed E-state index contributed by atoms with van der Waals surface area (Å²) in [5.74, 6) is 0.236. The Morgan fingerprint density at radius 3 is 2.82 bits per heavy atom. The summed E-state index contributed by atoms with van der Waals surface area (Å²) in [6, 6.07) is 0. The molecule has 3 heteroatoms. The summed E-state index contributed by atoms with van der Waals surface area (Å²) in [5.41, 5.74) is 0.159. The Balaban J connectivity index is 2.07. The number of carbonyl (C=O) groups is 1. The van der Waals surface area contributed by atoms with E-state index in [1.54, 1.807) is 0 Å². The number of rotatable bonds is 0. The molecule has 2 aliphatic heterocycles. The average Bonchev–Trinajstić information content (AvgIpc) is 2.44. The van der Waals surface area contributed by atoms with E-state index in [1.165, 1.54) is 0 Å². The molecular formula is C8H14N2O. The Bertz CT molecular complexity index is 193. The molecule has 0 radical (unpaired) electrons. The van der Waals surface area contributed by atoms with Crippen molar-refractivity contribution in [2.45, 2.75) is 24.8 Å². The van der Waals surface area contributed by atoms with Gasteiger partial charge in [-0.1, -0.05) is 0 Å². The summed E-state index contributed by atoms with van der Waals surface area (Å²) in [6.45, 7) is 2.17. The van der Waals surface area contributed by atoms with Gasteiger partial charge in [-0.2, -0.15) is 0 Å². The lowest BCUT2D eigenvalue weighted by Crippen LogP contribution is -2.43. The molecule has 62 valence electrons. The van der Waals surface area contributed by atoms with Gasteiger partial charge in [-0.25, -0.2) is 0 Å². The molecule has 2 saturated heterocycles. The van der Waals surface area contributed by atoms with Crippen molar-refractivity contribution in [2.75, 3.05) is 20.1 Å². The molecular weight excluding hydrogens is 140 g/mol. The SMILES string of the molecule is CN1CCC2(CCC(=O)N2)C1. The van der Waals surface area contributed by atoms with Gasteiger partial charge >= 0.3 is 0 Å². The van der Waals surface area contributed by atoms with Crippen LogP contribution in [0, 0.1) is 0 Å². The number of hydrogen-bond acceptors (Lipinski definition) is 2. The molecule has 2 rings (SSSR count). The normalized spacial score (nSPS) is 38.5. The maximum atomic E-state index is 11.0. The molecule has 2 aliphatic rings. The fourth-order valence-corrected chi connectivity index (χ4v) is 2.16. The topological polar surface area (TPSA) is 32.3 Å². The van der Waals surface area contributed by atoms with Gasteiger partial charge in [-0.3, -0.25) is 4.79 Å². The van der Waals surface area contributed by atoms with E-state index in [-0.39, 0.29) is 11.4 Å². The largest absolute Gasteiger partial charge is 0.349 e. The lowest BCUT2D eigenvalue weighted by Gasteiger charge is -2.22. The predicted molar refractivity (Wildman–Crippen MR) is 42.2 cm³/mol. The van der Waals surface area contributed by atoms with E-state index in [1.807, 2.05) is 0 Å². The summed E-state index contributed by atoms with van der Waals surface area (Å²) in [7, 11) is 2.11. The quantitative estimate of drug-likeness (QED) is 0.531. The van der Waals surface area contributed by atoms with Crippen LogP contribution in [0.25, 0.3) is 0 Å². The molecule has 11 heavy (non-hydrogen) atoms. The fraction of sp³-hybridized carbons (Fsp3) is 0.875. The lowest BCUT2D eigenvalue weighted by molar-refractivity contribution is -0.119. The zero-order valence-electron chi connectivity index (χ0n) is 6.89. The molecule has 0 aromatic rings. The predicted octanol–water partition coefficient (Wildman–Crippen LogP) is -0.0293. The minimum atomic E-state index is 0.159. The standard InChI is InChI=1S/C8H14N2O/c1-10-5-4-8(6-10)3-2-7(11)9-8/h2-6H2,1H3,(H,9,11). The Morgan fingerprint density at radius 1 is 1.55 bits per heavy atom. The van der Waals surface area contributed by atoms with Gasteiger partial charge in [0.05, 0.1) is 5.54 Å². The van der Waals surface area contributed by atoms with Crippen LogP contribution in [0.1, 0.15) is 19.3 Å². The van der Waals surface area contributed by atoms with Crippen molar-refractivity contribution >= 4 is 5.91 Å². The zero-order chi connectivity index (χ0) is 7.90. The fourth-order valence-electron chi connectivity index (χ4n) is 2.16. The molecule has 1 amide bonds. The van der Waals surface area contributed by atoms with Crippen LogP contribution >= 0.6 is 0 Å². The lowest BCUT2D eigenvalue weighted by atomic mass is 9.97. The van der Waals surface area contributed by atoms with Crippen LogP contribution in [-0.2, 0) is 4.79 Å². The van der Waals surface area contributed by atoms with Gasteiger partial charge in [-0.05, 0) is 19.9 Å². The van der Waals surface area contributed by atoms with Crippen molar-refractivity contribution in [1.82, 2.24) is 10.2 Å². The second kappa shape index (κ2) is 2.21. The molecule has 1 atom stereocenters. The molecule has 0 bridgehead atoms. The van der Waals surface area contributed by atoms with Crippen LogP contribution in [0.5, 0.6) is 0 Å². The first-order chi connectivity index (χ1) is 5.20. The van der Waals surface area contributed by atoms with Gasteiger partial charge in [0, 0.05) is 19.5 Å². The van der Waals surface area contributed by atoms with Gasteiger partial charge in [0.15, 0.2) is 0 Å². The number of nitrogens with one attached hydrogen (secondary N) is 1. The Labute approximate surface area is 66.8 Å². The van der Waals surface area contributed by atoms with Crippen LogP contribution < -0.4 is 5.32 Å².